The van der Waals surface area contributed by atoms with Crippen LogP contribution in [0.4, 0.5) is 0 Å². The van der Waals surface area contributed by atoms with Crippen molar-refractivity contribution in [3.63, 3.8) is 0 Å². The van der Waals surface area contributed by atoms with Gasteiger partial charge in [0.2, 0.25) is 0 Å². The minimum Gasteiger partial charge on any atom is -0.394 e. The van der Waals surface area contributed by atoms with Gasteiger partial charge in [-0.05, 0) is 0 Å². The molecule has 0 spiro atoms. The lowest BCUT2D eigenvalue weighted by atomic mass is 9.98. The third-order valence-corrected chi connectivity index (χ3v) is 3.96. The fourth-order valence-corrected chi connectivity index (χ4v) is 2.46. The van der Waals surface area contributed by atoms with Crippen molar-refractivity contribution in [3.8, 4) is 0 Å². The number of rotatable bonds is 4. The van der Waals surface area contributed by atoms with E-state index in [-0.39, 0.29) is 0 Å². The van der Waals surface area contributed by atoms with Crippen LogP contribution in [0, 0.1) is 0 Å². The minimum absolute atomic E-state index is 0.468. The third kappa shape index (κ3) is 3.81. The van der Waals surface area contributed by atoms with Crippen LogP contribution in [-0.2, 0) is 14.2 Å². The Bertz CT molecular complexity index is 380. The highest BCUT2D eigenvalue weighted by Crippen LogP contribution is 2.24. The number of hydrogen-bond acceptors (Lipinski definition) is 11. The Morgan fingerprint density at radius 2 is 1.22 bits per heavy atom. The van der Waals surface area contributed by atoms with E-state index in [9.17, 15) is 35.7 Å². The Morgan fingerprint density at radius 3 is 1.83 bits per heavy atom. The molecule has 11 nitrogen and oxygen atoms in total. The van der Waals surface area contributed by atoms with Crippen molar-refractivity contribution in [2.45, 2.75) is 61.4 Å². The Kier molecular flexibility index (Phi) is 6.27. The predicted molar refractivity (Wildman–Crippen MR) is 68.6 cm³/mol. The Labute approximate surface area is 130 Å². The molecule has 0 aromatic heterocycles. The van der Waals surface area contributed by atoms with Gasteiger partial charge in [0.05, 0.1) is 13.2 Å². The number of aliphatic hydroxyl groups is 8. The van der Waals surface area contributed by atoms with Crippen LogP contribution in [0.2, 0.25) is 0 Å². The van der Waals surface area contributed by atoms with Gasteiger partial charge in [-0.15, -0.1) is 0 Å². The summed E-state index contributed by atoms with van der Waals surface area (Å²) in [7, 11) is 0. The quantitative estimate of drug-likeness (QED) is 0.243. The van der Waals surface area contributed by atoms with Gasteiger partial charge in [0.1, 0.15) is 48.8 Å². The molecule has 2 aliphatic rings. The van der Waals surface area contributed by atoms with Crippen molar-refractivity contribution in [1.29, 1.82) is 0 Å². The summed E-state index contributed by atoms with van der Waals surface area (Å²) in [5.41, 5.74) is 0. The molecule has 136 valence electrons. The maximum atomic E-state index is 9.78. The first-order valence-corrected chi connectivity index (χ1v) is 7.07. The molecular formula is C12H22O11. The molecule has 11 heteroatoms. The van der Waals surface area contributed by atoms with Crippen LogP contribution in [0.25, 0.3) is 0 Å². The molecule has 23 heavy (non-hydrogen) atoms. The lowest BCUT2D eigenvalue weighted by molar-refractivity contribution is -0.325. The smallest absolute Gasteiger partial charge is 0.186 e. The molecule has 2 heterocycles. The normalized spacial score (nSPS) is 51.7. The Morgan fingerprint density at radius 1 is 0.652 bits per heavy atom. The average molecular weight is 342 g/mol. The predicted octanol–water partition coefficient (Wildman–Crippen LogP) is -5.40. The van der Waals surface area contributed by atoms with Gasteiger partial charge in [-0.3, -0.25) is 0 Å². The highest BCUT2D eigenvalue weighted by molar-refractivity contribution is 4.91. The van der Waals surface area contributed by atoms with E-state index in [0.717, 1.165) is 0 Å². The van der Waals surface area contributed by atoms with Crippen molar-refractivity contribution in [2.24, 2.45) is 0 Å². The lowest BCUT2D eigenvalue weighted by Crippen LogP contribution is -2.61. The van der Waals surface area contributed by atoms with E-state index in [1.165, 1.54) is 0 Å². The minimum atomic E-state index is -1.74. The van der Waals surface area contributed by atoms with Crippen LogP contribution in [0.5, 0.6) is 0 Å². The molecule has 2 rings (SSSR count). The highest BCUT2D eigenvalue weighted by Gasteiger charge is 2.46. The van der Waals surface area contributed by atoms with Gasteiger partial charge in [0.25, 0.3) is 0 Å². The molecule has 8 N–H and O–H groups in total. The van der Waals surface area contributed by atoms with Crippen LogP contribution < -0.4 is 0 Å². The monoisotopic (exact) mass is 342 g/mol. The summed E-state index contributed by atoms with van der Waals surface area (Å²) in [4.78, 5) is 0. The van der Waals surface area contributed by atoms with Gasteiger partial charge in [-0.1, -0.05) is 0 Å². The number of hydrogen-bond donors (Lipinski definition) is 8. The summed E-state index contributed by atoms with van der Waals surface area (Å²) in [6.45, 7) is -1.10. The second kappa shape index (κ2) is 7.63. The zero-order chi connectivity index (χ0) is 17.3. The van der Waals surface area contributed by atoms with E-state index in [1.54, 1.807) is 0 Å². The largest absolute Gasteiger partial charge is 0.394 e. The summed E-state index contributed by atoms with van der Waals surface area (Å²) >= 11 is 0. The van der Waals surface area contributed by atoms with Crippen LogP contribution in [0.15, 0.2) is 0 Å². The van der Waals surface area contributed by atoms with Crippen LogP contribution >= 0.6 is 0 Å². The molecule has 0 aliphatic carbocycles. The molecule has 10 atom stereocenters. The van der Waals surface area contributed by atoms with E-state index in [0.29, 0.717) is 0 Å². The van der Waals surface area contributed by atoms with Crippen molar-refractivity contribution in [2.75, 3.05) is 13.2 Å². The number of ether oxygens (including phenoxy) is 3. The summed E-state index contributed by atoms with van der Waals surface area (Å²) in [6.07, 6.45) is -15.3. The topological polar surface area (TPSA) is 190 Å². The summed E-state index contributed by atoms with van der Waals surface area (Å²) < 4.78 is 15.1. The van der Waals surface area contributed by atoms with Gasteiger partial charge in [0.15, 0.2) is 12.6 Å². The Balaban J connectivity index is 1.94. The van der Waals surface area contributed by atoms with Gasteiger partial charge >= 0.3 is 0 Å². The van der Waals surface area contributed by atoms with Crippen molar-refractivity contribution in [1.82, 2.24) is 0 Å². The molecule has 0 bridgehead atoms. The maximum Gasteiger partial charge on any atom is 0.186 e. The van der Waals surface area contributed by atoms with E-state index >= 15 is 0 Å². The highest BCUT2D eigenvalue weighted by atomic mass is 16.7. The molecule has 2 aliphatic heterocycles. The molecule has 0 amide bonds. The van der Waals surface area contributed by atoms with E-state index < -0.39 is 74.6 Å². The van der Waals surface area contributed by atoms with Crippen molar-refractivity contribution < 1.29 is 55.1 Å². The maximum absolute atomic E-state index is 9.78. The molecule has 0 unspecified atom stereocenters. The number of aliphatic hydroxyl groups excluding tert-OH is 8. The van der Waals surface area contributed by atoms with Crippen LogP contribution in [-0.4, -0.2) is 115 Å². The summed E-state index contributed by atoms with van der Waals surface area (Å²) in [6, 6.07) is 0. The first-order chi connectivity index (χ1) is 10.8. The van der Waals surface area contributed by atoms with Gasteiger partial charge in [0, 0.05) is 0 Å². The molecule has 0 radical (unpaired) electrons. The summed E-state index contributed by atoms with van der Waals surface area (Å²) in [5, 5.41) is 76.1. The second-order valence-electron chi connectivity index (χ2n) is 5.57. The molecule has 0 aromatic rings. The van der Waals surface area contributed by atoms with Crippen LogP contribution in [0.1, 0.15) is 0 Å². The van der Waals surface area contributed by atoms with E-state index in [1.807, 2.05) is 0 Å². The standard InChI is InChI=1S/C12H22O11/c13-1-3-5(14)8(17)10(19)12(23-3)21-2-4-6(15)7(16)9(18)11(20)22-4/h3-20H,1-2H2/t3-,4-,5-,6+,7+,8+,9-,10+,11+,12+/m1/s1. The molecule has 0 saturated carbocycles. The first kappa shape index (κ1) is 18.9. The van der Waals surface area contributed by atoms with Gasteiger partial charge in [-0.2, -0.15) is 0 Å². The van der Waals surface area contributed by atoms with Gasteiger partial charge in [-0.25, -0.2) is 0 Å². The van der Waals surface area contributed by atoms with E-state index in [4.69, 9.17) is 19.3 Å². The summed E-state index contributed by atoms with van der Waals surface area (Å²) in [5.74, 6) is 0. The fourth-order valence-electron chi connectivity index (χ4n) is 2.46. The first-order valence-electron chi connectivity index (χ1n) is 7.07. The zero-order valence-corrected chi connectivity index (χ0v) is 12.0. The van der Waals surface area contributed by atoms with Crippen molar-refractivity contribution in [3.05, 3.63) is 0 Å². The molecule has 0 aromatic carbocycles. The molecular weight excluding hydrogens is 320 g/mol. The SMILES string of the molecule is OC[C@H]1O[C@H](OC[C@H]2O[C@H](O)[C@H](O)[C@@H](O)[C@H]2O)[C@@H](O)[C@@H](O)[C@@H]1O. The zero-order valence-electron chi connectivity index (χ0n) is 12.0. The van der Waals surface area contributed by atoms with Crippen molar-refractivity contribution >= 4 is 0 Å². The Hall–Kier alpha value is -0.440. The molecule has 2 fully saturated rings. The second-order valence-corrected chi connectivity index (χ2v) is 5.57. The third-order valence-electron chi connectivity index (χ3n) is 3.96. The van der Waals surface area contributed by atoms with Gasteiger partial charge < -0.3 is 55.1 Å². The average Bonchev–Trinajstić information content (AvgIpc) is 2.54. The molecule has 2 saturated heterocycles. The lowest BCUT2D eigenvalue weighted by Gasteiger charge is -2.41. The fraction of sp³-hybridized carbons (Fsp3) is 1.00. The van der Waals surface area contributed by atoms with E-state index in [2.05, 4.69) is 0 Å². The van der Waals surface area contributed by atoms with Crippen LogP contribution in [0.3, 0.4) is 0 Å².